The fourth-order valence-electron chi connectivity index (χ4n) is 3.15. The number of carbonyl (C=O) groups excluding carboxylic acids is 2. The number of benzene rings is 2. The fourth-order valence-corrected chi connectivity index (χ4v) is 3.92. The SMILES string of the molecule is CCOC(=O)c1ccc(NC(=O)CSc2nccn3nc(-c4ccc(OC)cc4)cc23)cc1. The third kappa shape index (κ3) is 5.32. The van der Waals surface area contributed by atoms with Crippen LogP contribution in [0.4, 0.5) is 5.69 Å². The summed E-state index contributed by atoms with van der Waals surface area (Å²) in [5.41, 5.74) is 3.62. The molecule has 2 heterocycles. The highest BCUT2D eigenvalue weighted by molar-refractivity contribution is 8.00. The molecule has 0 aliphatic rings. The topological polar surface area (TPSA) is 94.8 Å². The maximum atomic E-state index is 12.4. The molecule has 0 atom stereocenters. The molecule has 2 aromatic heterocycles. The smallest absolute Gasteiger partial charge is 0.338 e. The van der Waals surface area contributed by atoms with Gasteiger partial charge >= 0.3 is 5.97 Å². The van der Waals surface area contributed by atoms with Crippen LogP contribution in [0.1, 0.15) is 17.3 Å². The van der Waals surface area contributed by atoms with E-state index in [1.54, 1.807) is 55.2 Å². The molecule has 0 saturated carbocycles. The average molecular weight is 463 g/mol. The van der Waals surface area contributed by atoms with Gasteiger partial charge in [-0.1, -0.05) is 11.8 Å². The predicted octanol–water partition coefficient (Wildman–Crippen LogP) is 4.31. The first-order valence-electron chi connectivity index (χ1n) is 10.3. The van der Waals surface area contributed by atoms with Gasteiger partial charge in [0.1, 0.15) is 10.8 Å². The van der Waals surface area contributed by atoms with Gasteiger partial charge in [0.05, 0.1) is 36.2 Å². The van der Waals surface area contributed by atoms with Crippen LogP contribution in [-0.4, -0.2) is 45.9 Å². The second-order valence-corrected chi connectivity index (χ2v) is 7.92. The van der Waals surface area contributed by atoms with Crippen LogP contribution in [0.15, 0.2) is 72.0 Å². The third-order valence-electron chi connectivity index (χ3n) is 4.76. The summed E-state index contributed by atoms with van der Waals surface area (Å²) in [4.78, 5) is 28.6. The summed E-state index contributed by atoms with van der Waals surface area (Å²) in [6.45, 7) is 2.07. The molecular weight excluding hydrogens is 440 g/mol. The zero-order valence-corrected chi connectivity index (χ0v) is 19.0. The lowest BCUT2D eigenvalue weighted by Crippen LogP contribution is -2.14. The first-order valence-corrected chi connectivity index (χ1v) is 11.2. The second-order valence-electron chi connectivity index (χ2n) is 6.95. The van der Waals surface area contributed by atoms with Crippen molar-refractivity contribution in [2.45, 2.75) is 11.9 Å². The summed E-state index contributed by atoms with van der Waals surface area (Å²) in [7, 11) is 1.63. The van der Waals surface area contributed by atoms with E-state index in [1.165, 1.54) is 11.8 Å². The van der Waals surface area contributed by atoms with Crippen LogP contribution in [0.3, 0.4) is 0 Å². The van der Waals surface area contributed by atoms with Gasteiger partial charge in [0.25, 0.3) is 0 Å². The highest BCUT2D eigenvalue weighted by atomic mass is 32.2. The Morgan fingerprint density at radius 2 is 1.85 bits per heavy atom. The number of ether oxygens (including phenoxy) is 2. The van der Waals surface area contributed by atoms with E-state index < -0.39 is 0 Å². The van der Waals surface area contributed by atoms with Gasteiger partial charge in [0.15, 0.2) is 0 Å². The quantitative estimate of drug-likeness (QED) is 0.308. The normalized spacial score (nSPS) is 10.7. The number of esters is 1. The number of carbonyl (C=O) groups is 2. The number of methoxy groups -OCH3 is 1. The van der Waals surface area contributed by atoms with Gasteiger partial charge in [-0.15, -0.1) is 0 Å². The zero-order chi connectivity index (χ0) is 23.2. The highest BCUT2D eigenvalue weighted by Crippen LogP contribution is 2.27. The van der Waals surface area contributed by atoms with Crippen LogP contribution in [0.5, 0.6) is 5.75 Å². The number of amides is 1. The van der Waals surface area contributed by atoms with Crippen LogP contribution in [0.2, 0.25) is 0 Å². The van der Waals surface area contributed by atoms with E-state index >= 15 is 0 Å². The minimum absolute atomic E-state index is 0.176. The molecule has 1 N–H and O–H groups in total. The molecule has 168 valence electrons. The van der Waals surface area contributed by atoms with Gasteiger partial charge in [-0.25, -0.2) is 14.3 Å². The number of nitrogens with zero attached hydrogens (tertiary/aromatic N) is 3. The van der Waals surface area contributed by atoms with Crippen LogP contribution in [0.25, 0.3) is 16.8 Å². The molecule has 0 bridgehead atoms. The minimum Gasteiger partial charge on any atom is -0.497 e. The zero-order valence-electron chi connectivity index (χ0n) is 18.1. The van der Waals surface area contributed by atoms with Gasteiger partial charge < -0.3 is 14.8 Å². The van der Waals surface area contributed by atoms with E-state index in [2.05, 4.69) is 15.4 Å². The molecule has 33 heavy (non-hydrogen) atoms. The lowest BCUT2D eigenvalue weighted by Gasteiger charge is -2.07. The van der Waals surface area contributed by atoms with Crippen LogP contribution in [0, 0.1) is 0 Å². The molecule has 0 spiro atoms. The summed E-state index contributed by atoms with van der Waals surface area (Å²) >= 11 is 1.33. The van der Waals surface area contributed by atoms with Crippen molar-refractivity contribution in [1.82, 2.24) is 14.6 Å². The molecule has 4 rings (SSSR count). The lowest BCUT2D eigenvalue weighted by atomic mass is 10.1. The van der Waals surface area contributed by atoms with Crippen LogP contribution < -0.4 is 10.1 Å². The van der Waals surface area contributed by atoms with Crippen molar-refractivity contribution in [3.63, 3.8) is 0 Å². The molecular formula is C24H22N4O4S. The Morgan fingerprint density at radius 3 is 2.55 bits per heavy atom. The Bertz CT molecular complexity index is 1270. The molecule has 0 radical (unpaired) electrons. The predicted molar refractivity (Wildman–Crippen MR) is 127 cm³/mol. The summed E-state index contributed by atoms with van der Waals surface area (Å²) in [6, 6.07) is 16.2. The van der Waals surface area contributed by atoms with E-state index in [9.17, 15) is 9.59 Å². The first kappa shape index (κ1) is 22.3. The number of nitrogens with one attached hydrogen (secondary N) is 1. The number of hydrogen-bond acceptors (Lipinski definition) is 7. The Balaban J connectivity index is 1.42. The van der Waals surface area contributed by atoms with Crippen LogP contribution in [-0.2, 0) is 9.53 Å². The summed E-state index contributed by atoms with van der Waals surface area (Å²) in [5, 5.41) is 8.15. The maximum absolute atomic E-state index is 12.4. The molecule has 0 unspecified atom stereocenters. The third-order valence-corrected chi connectivity index (χ3v) is 5.75. The average Bonchev–Trinajstić information content (AvgIpc) is 3.28. The molecule has 0 saturated heterocycles. The molecule has 8 nitrogen and oxygen atoms in total. The van der Waals surface area contributed by atoms with Crippen molar-refractivity contribution in [2.75, 3.05) is 24.8 Å². The maximum Gasteiger partial charge on any atom is 0.338 e. The van der Waals surface area contributed by atoms with E-state index in [0.717, 1.165) is 22.5 Å². The standard InChI is InChI=1S/C24H22N4O4S/c1-3-32-24(30)17-4-8-18(9-5-17)26-22(29)15-33-23-21-14-20(27-28(21)13-12-25-23)16-6-10-19(31-2)11-7-16/h4-14H,3,15H2,1-2H3,(H,26,29). The molecule has 1 amide bonds. The Morgan fingerprint density at radius 1 is 1.09 bits per heavy atom. The van der Waals surface area contributed by atoms with Crippen molar-refractivity contribution in [3.05, 3.63) is 72.6 Å². The van der Waals surface area contributed by atoms with E-state index in [0.29, 0.717) is 22.9 Å². The molecule has 0 aliphatic heterocycles. The lowest BCUT2D eigenvalue weighted by molar-refractivity contribution is -0.113. The van der Waals surface area contributed by atoms with Gasteiger partial charge in [-0.3, -0.25) is 4.79 Å². The number of rotatable bonds is 8. The Kier molecular flexibility index (Phi) is 6.89. The summed E-state index contributed by atoms with van der Waals surface area (Å²) < 4.78 is 11.9. The minimum atomic E-state index is -0.389. The van der Waals surface area contributed by atoms with Crippen molar-refractivity contribution < 1.29 is 19.1 Å². The molecule has 0 aliphatic carbocycles. The Labute approximate surface area is 194 Å². The monoisotopic (exact) mass is 462 g/mol. The molecule has 2 aromatic carbocycles. The van der Waals surface area contributed by atoms with E-state index in [-0.39, 0.29) is 17.6 Å². The number of hydrogen-bond donors (Lipinski definition) is 1. The summed E-state index contributed by atoms with van der Waals surface area (Å²) in [5.74, 6) is 0.388. The van der Waals surface area contributed by atoms with Gasteiger partial charge in [0, 0.05) is 23.6 Å². The van der Waals surface area contributed by atoms with Crippen molar-refractivity contribution >= 4 is 34.8 Å². The van der Waals surface area contributed by atoms with E-state index in [4.69, 9.17) is 9.47 Å². The van der Waals surface area contributed by atoms with Crippen molar-refractivity contribution in [1.29, 1.82) is 0 Å². The Hall–Kier alpha value is -3.85. The van der Waals surface area contributed by atoms with Crippen molar-refractivity contribution in [2.24, 2.45) is 0 Å². The summed E-state index contributed by atoms with van der Waals surface area (Å²) in [6.07, 6.45) is 3.43. The van der Waals surface area contributed by atoms with Gasteiger partial charge in [-0.2, -0.15) is 5.10 Å². The first-order chi connectivity index (χ1) is 16.1. The van der Waals surface area contributed by atoms with Gasteiger partial charge in [-0.05, 0) is 61.5 Å². The highest BCUT2D eigenvalue weighted by Gasteiger charge is 2.12. The largest absolute Gasteiger partial charge is 0.497 e. The molecule has 4 aromatic rings. The van der Waals surface area contributed by atoms with Crippen molar-refractivity contribution in [3.8, 4) is 17.0 Å². The van der Waals surface area contributed by atoms with Gasteiger partial charge in [0.2, 0.25) is 5.91 Å². The van der Waals surface area contributed by atoms with Crippen LogP contribution >= 0.6 is 11.8 Å². The number of thioether (sulfide) groups is 1. The number of anilines is 1. The second kappa shape index (κ2) is 10.2. The number of aromatic nitrogens is 3. The van der Waals surface area contributed by atoms with E-state index in [1.807, 2.05) is 30.3 Å². The number of fused-ring (bicyclic) bond motifs is 1. The fraction of sp³-hybridized carbons (Fsp3) is 0.167. The molecule has 9 heteroatoms. The molecule has 0 fully saturated rings.